The van der Waals surface area contributed by atoms with E-state index in [9.17, 15) is 18.0 Å². The van der Waals surface area contributed by atoms with E-state index in [1.54, 1.807) is 4.90 Å². The van der Waals surface area contributed by atoms with Crippen LogP contribution in [0.25, 0.3) is 0 Å². The molecule has 0 atom stereocenters. The van der Waals surface area contributed by atoms with Gasteiger partial charge in [0.05, 0.1) is 12.2 Å². The van der Waals surface area contributed by atoms with Crippen molar-refractivity contribution in [1.82, 2.24) is 14.5 Å². The van der Waals surface area contributed by atoms with Gasteiger partial charge in [-0.05, 0) is 6.92 Å². The van der Waals surface area contributed by atoms with Crippen molar-refractivity contribution in [2.75, 3.05) is 38.5 Å². The van der Waals surface area contributed by atoms with Crippen LogP contribution in [0.2, 0.25) is 0 Å². The summed E-state index contributed by atoms with van der Waals surface area (Å²) in [7, 11) is -3.55. The van der Waals surface area contributed by atoms with Gasteiger partial charge in [0.25, 0.3) is 0 Å². The van der Waals surface area contributed by atoms with Gasteiger partial charge >= 0.3 is 12.0 Å². The molecule has 0 aliphatic carbocycles. The van der Waals surface area contributed by atoms with Crippen LogP contribution < -0.4 is 5.32 Å². The Morgan fingerprint density at radius 1 is 1.21 bits per heavy atom. The van der Waals surface area contributed by atoms with E-state index in [-0.39, 0.29) is 19.1 Å². The number of aliphatic carboxylic acids is 1. The van der Waals surface area contributed by atoms with Crippen LogP contribution in [-0.4, -0.2) is 73.2 Å². The van der Waals surface area contributed by atoms with Gasteiger partial charge in [-0.2, -0.15) is 4.31 Å². The summed E-state index contributed by atoms with van der Waals surface area (Å²) in [5.74, 6) is -1.53. The number of carboxylic acid groups (broad SMARTS) is 1. The fourth-order valence-electron chi connectivity index (χ4n) is 1.78. The highest BCUT2D eigenvalue weighted by atomic mass is 32.2. The molecule has 1 saturated heterocycles. The zero-order valence-electron chi connectivity index (χ0n) is 10.8. The fraction of sp³-hybridized carbons (Fsp3) is 0.800. The fourth-order valence-corrected chi connectivity index (χ4v) is 3.19. The lowest BCUT2D eigenvalue weighted by Gasteiger charge is -2.33. The Labute approximate surface area is 112 Å². The molecule has 0 aromatic carbocycles. The molecule has 110 valence electrons. The molecule has 1 rings (SSSR count). The third-order valence-electron chi connectivity index (χ3n) is 2.82. The first-order valence-corrected chi connectivity index (χ1v) is 7.70. The number of urea groups is 1. The van der Waals surface area contributed by atoms with Crippen molar-refractivity contribution in [1.29, 1.82) is 0 Å². The van der Waals surface area contributed by atoms with Gasteiger partial charge in [0.2, 0.25) is 10.0 Å². The van der Waals surface area contributed by atoms with Gasteiger partial charge in [0.15, 0.2) is 0 Å². The van der Waals surface area contributed by atoms with Crippen LogP contribution in [0.5, 0.6) is 0 Å². The van der Waals surface area contributed by atoms with E-state index in [4.69, 9.17) is 5.11 Å². The molecule has 0 radical (unpaired) electrons. The summed E-state index contributed by atoms with van der Waals surface area (Å²) >= 11 is 0. The zero-order chi connectivity index (χ0) is 14.5. The molecule has 1 heterocycles. The predicted octanol–water partition coefficient (Wildman–Crippen LogP) is -0.862. The minimum atomic E-state index is -3.55. The summed E-state index contributed by atoms with van der Waals surface area (Å²) in [6, 6.07) is -0.204. The van der Waals surface area contributed by atoms with E-state index in [0.717, 1.165) is 0 Å². The average molecular weight is 293 g/mol. The number of nitrogens with one attached hydrogen (secondary N) is 1. The Morgan fingerprint density at radius 3 is 2.26 bits per heavy atom. The summed E-state index contributed by atoms with van der Waals surface area (Å²) in [6.07, 6.45) is -0.404. The number of nitrogens with zero attached hydrogens (tertiary/aromatic N) is 2. The van der Waals surface area contributed by atoms with Crippen molar-refractivity contribution in [2.24, 2.45) is 0 Å². The molecule has 2 amide bonds. The SMILES string of the molecule is CCNC(=O)N1CCN(S(=O)(=O)CCC(=O)O)CC1. The van der Waals surface area contributed by atoms with Crippen molar-refractivity contribution in [2.45, 2.75) is 13.3 Å². The Morgan fingerprint density at radius 2 is 1.79 bits per heavy atom. The molecule has 1 aliphatic heterocycles. The van der Waals surface area contributed by atoms with Gasteiger partial charge in [0, 0.05) is 32.7 Å². The molecule has 0 unspecified atom stereocenters. The second-order valence-electron chi connectivity index (χ2n) is 4.18. The molecule has 0 saturated carbocycles. The van der Waals surface area contributed by atoms with Gasteiger partial charge in [0.1, 0.15) is 0 Å². The van der Waals surface area contributed by atoms with E-state index in [2.05, 4.69) is 5.32 Å². The van der Waals surface area contributed by atoms with Crippen molar-refractivity contribution in [3.63, 3.8) is 0 Å². The molecule has 2 N–H and O–H groups in total. The van der Waals surface area contributed by atoms with Gasteiger partial charge in [-0.3, -0.25) is 4.79 Å². The number of rotatable bonds is 5. The first-order chi connectivity index (χ1) is 8.86. The third kappa shape index (κ3) is 4.67. The minimum Gasteiger partial charge on any atom is -0.481 e. The number of carbonyl (C=O) groups is 2. The summed E-state index contributed by atoms with van der Waals surface area (Å²) in [5, 5.41) is 11.2. The number of sulfonamides is 1. The van der Waals surface area contributed by atoms with E-state index in [1.165, 1.54) is 4.31 Å². The smallest absolute Gasteiger partial charge is 0.317 e. The number of hydrogen-bond donors (Lipinski definition) is 2. The number of amides is 2. The maximum Gasteiger partial charge on any atom is 0.317 e. The van der Waals surface area contributed by atoms with Gasteiger partial charge < -0.3 is 15.3 Å². The monoisotopic (exact) mass is 293 g/mol. The van der Waals surface area contributed by atoms with Crippen LogP contribution in [0.3, 0.4) is 0 Å². The summed E-state index contributed by atoms with van der Waals surface area (Å²) < 4.78 is 24.9. The summed E-state index contributed by atoms with van der Waals surface area (Å²) in [5.41, 5.74) is 0. The van der Waals surface area contributed by atoms with Crippen LogP contribution in [0.15, 0.2) is 0 Å². The molecular formula is C10H19N3O5S. The van der Waals surface area contributed by atoms with Crippen LogP contribution in [0.1, 0.15) is 13.3 Å². The highest BCUT2D eigenvalue weighted by molar-refractivity contribution is 7.89. The Bertz CT molecular complexity index is 428. The highest BCUT2D eigenvalue weighted by Crippen LogP contribution is 2.09. The summed E-state index contributed by atoms with van der Waals surface area (Å²) in [6.45, 7) is 3.38. The first kappa shape index (κ1) is 15.7. The van der Waals surface area contributed by atoms with Crippen molar-refractivity contribution in [3.05, 3.63) is 0 Å². The molecule has 1 fully saturated rings. The van der Waals surface area contributed by atoms with Gasteiger partial charge in [-0.25, -0.2) is 13.2 Å². The molecule has 0 bridgehead atoms. The topological polar surface area (TPSA) is 107 Å². The maximum absolute atomic E-state index is 11.8. The van der Waals surface area contributed by atoms with Crippen molar-refractivity contribution >= 4 is 22.0 Å². The lowest BCUT2D eigenvalue weighted by molar-refractivity contribution is -0.136. The molecular weight excluding hydrogens is 274 g/mol. The second-order valence-corrected chi connectivity index (χ2v) is 6.27. The first-order valence-electron chi connectivity index (χ1n) is 6.09. The molecule has 9 heteroatoms. The quantitative estimate of drug-likeness (QED) is 0.686. The second kappa shape index (κ2) is 6.71. The maximum atomic E-state index is 11.8. The zero-order valence-corrected chi connectivity index (χ0v) is 11.6. The lowest BCUT2D eigenvalue weighted by Crippen LogP contribution is -2.53. The van der Waals surface area contributed by atoms with Crippen LogP contribution in [-0.2, 0) is 14.8 Å². The van der Waals surface area contributed by atoms with Crippen molar-refractivity contribution < 1.29 is 23.1 Å². The van der Waals surface area contributed by atoms with Gasteiger partial charge in [-0.1, -0.05) is 0 Å². The molecule has 1 aliphatic rings. The Kier molecular flexibility index (Phi) is 5.55. The number of carboxylic acids is 1. The minimum absolute atomic E-state index is 0.204. The number of carbonyl (C=O) groups excluding carboxylic acids is 1. The van der Waals surface area contributed by atoms with E-state index in [1.807, 2.05) is 6.92 Å². The highest BCUT2D eigenvalue weighted by Gasteiger charge is 2.28. The van der Waals surface area contributed by atoms with Crippen LogP contribution in [0.4, 0.5) is 4.79 Å². The lowest BCUT2D eigenvalue weighted by atomic mass is 10.4. The van der Waals surface area contributed by atoms with Crippen LogP contribution >= 0.6 is 0 Å². The molecule has 0 aromatic heterocycles. The van der Waals surface area contributed by atoms with E-state index >= 15 is 0 Å². The Hall–Kier alpha value is -1.35. The molecule has 19 heavy (non-hydrogen) atoms. The molecule has 8 nitrogen and oxygen atoms in total. The van der Waals surface area contributed by atoms with Crippen LogP contribution in [0, 0.1) is 0 Å². The van der Waals surface area contributed by atoms with Crippen molar-refractivity contribution in [3.8, 4) is 0 Å². The predicted molar refractivity (Wildman–Crippen MR) is 68.3 cm³/mol. The third-order valence-corrected chi connectivity index (χ3v) is 4.69. The molecule has 0 spiro atoms. The number of piperazine rings is 1. The summed E-state index contributed by atoms with van der Waals surface area (Å²) in [4.78, 5) is 23.5. The number of hydrogen-bond acceptors (Lipinski definition) is 4. The molecule has 0 aromatic rings. The van der Waals surface area contributed by atoms with E-state index in [0.29, 0.717) is 19.6 Å². The average Bonchev–Trinajstić information content (AvgIpc) is 2.37. The normalized spacial score (nSPS) is 17.2. The Balaban J connectivity index is 2.49. The standard InChI is InChI=1S/C10H19N3O5S/c1-2-11-10(16)12-4-6-13(7-5-12)19(17,18)8-3-9(14)15/h2-8H2,1H3,(H,11,16)(H,14,15). The largest absolute Gasteiger partial charge is 0.481 e. The van der Waals surface area contributed by atoms with E-state index < -0.39 is 28.2 Å². The van der Waals surface area contributed by atoms with Gasteiger partial charge in [-0.15, -0.1) is 0 Å².